The summed E-state index contributed by atoms with van der Waals surface area (Å²) in [7, 11) is -7.80. The molecule has 2 aromatic rings. The summed E-state index contributed by atoms with van der Waals surface area (Å²) < 4.78 is 67.6. The fraction of sp³-hybridized carbons (Fsp3) is 0.294. The van der Waals surface area contributed by atoms with Crippen LogP contribution in [0.25, 0.3) is 0 Å². The molecule has 0 aliphatic carbocycles. The van der Waals surface area contributed by atoms with Crippen LogP contribution in [-0.4, -0.2) is 34.2 Å². The SMILES string of the molecule is Cc1cc(F)ccc1S(=O)(=O)Nc1cc(S(=O)(=O)N2CCCC2)ccc1Cl. The van der Waals surface area contributed by atoms with Gasteiger partial charge in [-0.2, -0.15) is 4.31 Å². The molecule has 0 amide bonds. The topological polar surface area (TPSA) is 83.5 Å². The first-order valence-corrected chi connectivity index (χ1v) is 11.5. The monoisotopic (exact) mass is 432 g/mol. The highest BCUT2D eigenvalue weighted by atomic mass is 35.5. The third kappa shape index (κ3) is 4.11. The van der Waals surface area contributed by atoms with Gasteiger partial charge in [-0.15, -0.1) is 0 Å². The quantitative estimate of drug-likeness (QED) is 0.785. The van der Waals surface area contributed by atoms with E-state index in [0.29, 0.717) is 13.1 Å². The van der Waals surface area contributed by atoms with Gasteiger partial charge in [0.05, 0.1) is 20.5 Å². The summed E-state index contributed by atoms with van der Waals surface area (Å²) in [4.78, 5) is -0.157. The number of halogens is 2. The predicted octanol–water partition coefficient (Wildman–Crippen LogP) is 3.37. The summed E-state index contributed by atoms with van der Waals surface area (Å²) in [6.07, 6.45) is 1.58. The zero-order chi connectivity index (χ0) is 19.8. The lowest BCUT2D eigenvalue weighted by Crippen LogP contribution is -2.28. The number of hydrogen-bond donors (Lipinski definition) is 1. The Labute approximate surface area is 163 Å². The standard InChI is InChI=1S/C17H18ClFN2O4S2/c1-12-10-13(19)4-7-17(12)26(22,23)20-16-11-14(5-6-15(16)18)27(24,25)21-8-2-3-9-21/h4-7,10-11,20H,2-3,8-9H2,1H3. The molecule has 1 aliphatic heterocycles. The minimum atomic E-state index is -4.07. The van der Waals surface area contributed by atoms with Crippen LogP contribution in [0.2, 0.25) is 5.02 Å². The molecule has 146 valence electrons. The Morgan fingerprint density at radius 1 is 1.04 bits per heavy atom. The average Bonchev–Trinajstić information content (AvgIpc) is 3.11. The van der Waals surface area contributed by atoms with Crippen molar-refractivity contribution in [3.63, 3.8) is 0 Å². The van der Waals surface area contributed by atoms with E-state index in [1.54, 1.807) is 0 Å². The third-order valence-electron chi connectivity index (χ3n) is 4.31. The van der Waals surface area contributed by atoms with Crippen molar-refractivity contribution >= 4 is 37.3 Å². The Balaban J connectivity index is 1.97. The van der Waals surface area contributed by atoms with Gasteiger partial charge in [0, 0.05) is 13.1 Å². The zero-order valence-electron chi connectivity index (χ0n) is 14.4. The molecule has 1 fully saturated rings. The van der Waals surface area contributed by atoms with Gasteiger partial charge >= 0.3 is 0 Å². The lowest BCUT2D eigenvalue weighted by Gasteiger charge is -2.17. The molecule has 0 unspecified atom stereocenters. The van der Waals surface area contributed by atoms with E-state index in [2.05, 4.69) is 4.72 Å². The molecule has 6 nitrogen and oxygen atoms in total. The summed E-state index contributed by atoms with van der Waals surface area (Å²) in [6.45, 7) is 2.33. The van der Waals surface area contributed by atoms with E-state index in [9.17, 15) is 21.2 Å². The molecular weight excluding hydrogens is 415 g/mol. The average molecular weight is 433 g/mol. The molecule has 0 aromatic heterocycles. The number of hydrogen-bond acceptors (Lipinski definition) is 4. The van der Waals surface area contributed by atoms with Crippen LogP contribution in [0.3, 0.4) is 0 Å². The largest absolute Gasteiger partial charge is 0.278 e. The van der Waals surface area contributed by atoms with Crippen molar-refractivity contribution in [3.05, 3.63) is 52.8 Å². The molecule has 3 rings (SSSR count). The van der Waals surface area contributed by atoms with Gasteiger partial charge in [0.15, 0.2) is 0 Å². The van der Waals surface area contributed by atoms with Crippen molar-refractivity contribution < 1.29 is 21.2 Å². The second-order valence-electron chi connectivity index (χ2n) is 6.27. The lowest BCUT2D eigenvalue weighted by atomic mass is 10.2. The van der Waals surface area contributed by atoms with Crippen LogP contribution in [0.4, 0.5) is 10.1 Å². The maximum absolute atomic E-state index is 13.3. The second kappa shape index (κ2) is 7.38. The van der Waals surface area contributed by atoms with Crippen LogP contribution >= 0.6 is 11.6 Å². The molecule has 0 saturated carbocycles. The van der Waals surface area contributed by atoms with Crippen LogP contribution in [-0.2, 0) is 20.0 Å². The minimum absolute atomic E-state index is 0.0395. The van der Waals surface area contributed by atoms with E-state index in [0.717, 1.165) is 31.0 Å². The fourth-order valence-corrected chi connectivity index (χ4v) is 6.00. The van der Waals surface area contributed by atoms with E-state index < -0.39 is 25.9 Å². The molecule has 1 saturated heterocycles. The van der Waals surface area contributed by atoms with Crippen molar-refractivity contribution in [1.29, 1.82) is 0 Å². The summed E-state index contributed by atoms with van der Waals surface area (Å²) in [5, 5.41) is 0.0544. The number of aryl methyl sites for hydroxylation is 1. The number of rotatable bonds is 5. The molecule has 1 heterocycles. The van der Waals surface area contributed by atoms with E-state index in [-0.39, 0.29) is 26.1 Å². The maximum atomic E-state index is 13.3. The highest BCUT2D eigenvalue weighted by Crippen LogP contribution is 2.30. The van der Waals surface area contributed by atoms with Crippen LogP contribution in [0.15, 0.2) is 46.2 Å². The summed E-state index contributed by atoms with van der Waals surface area (Å²) in [6, 6.07) is 7.16. The first-order chi connectivity index (χ1) is 12.6. The zero-order valence-corrected chi connectivity index (χ0v) is 16.8. The van der Waals surface area contributed by atoms with E-state index in [4.69, 9.17) is 11.6 Å². The molecule has 2 aromatic carbocycles. The molecule has 0 radical (unpaired) electrons. The number of benzene rings is 2. The minimum Gasteiger partial charge on any atom is -0.278 e. The number of anilines is 1. The van der Waals surface area contributed by atoms with Crippen molar-refractivity contribution in [3.8, 4) is 0 Å². The van der Waals surface area contributed by atoms with Crippen LogP contribution in [0, 0.1) is 12.7 Å². The van der Waals surface area contributed by atoms with Crippen LogP contribution in [0.1, 0.15) is 18.4 Å². The van der Waals surface area contributed by atoms with Gasteiger partial charge in [-0.1, -0.05) is 11.6 Å². The molecule has 0 atom stereocenters. The van der Waals surface area contributed by atoms with Crippen molar-refractivity contribution in [2.24, 2.45) is 0 Å². The first-order valence-electron chi connectivity index (χ1n) is 8.20. The second-order valence-corrected chi connectivity index (χ2v) is 10.3. The Kier molecular flexibility index (Phi) is 5.49. The number of nitrogens with zero attached hydrogens (tertiary/aromatic N) is 1. The van der Waals surface area contributed by atoms with Crippen molar-refractivity contribution in [2.75, 3.05) is 17.8 Å². The molecule has 10 heteroatoms. The van der Waals surface area contributed by atoms with Crippen LogP contribution < -0.4 is 4.72 Å². The van der Waals surface area contributed by atoms with Gasteiger partial charge in [0.25, 0.3) is 10.0 Å². The Morgan fingerprint density at radius 3 is 2.33 bits per heavy atom. The van der Waals surface area contributed by atoms with Gasteiger partial charge in [0.2, 0.25) is 10.0 Å². The van der Waals surface area contributed by atoms with E-state index in [1.165, 1.54) is 29.4 Å². The Hall–Kier alpha value is -1.68. The predicted molar refractivity (Wildman–Crippen MR) is 101 cm³/mol. The number of sulfonamides is 2. The molecule has 0 spiro atoms. The maximum Gasteiger partial charge on any atom is 0.262 e. The smallest absolute Gasteiger partial charge is 0.262 e. The first kappa shape index (κ1) is 20.1. The highest BCUT2D eigenvalue weighted by Gasteiger charge is 2.28. The van der Waals surface area contributed by atoms with Gasteiger partial charge in [-0.3, -0.25) is 4.72 Å². The normalized spacial score (nSPS) is 15.8. The molecule has 27 heavy (non-hydrogen) atoms. The highest BCUT2D eigenvalue weighted by molar-refractivity contribution is 7.92. The van der Waals surface area contributed by atoms with Gasteiger partial charge in [0.1, 0.15) is 5.82 Å². The van der Waals surface area contributed by atoms with E-state index >= 15 is 0 Å². The Morgan fingerprint density at radius 2 is 1.70 bits per heavy atom. The molecule has 1 aliphatic rings. The van der Waals surface area contributed by atoms with Gasteiger partial charge in [-0.05, 0) is 61.7 Å². The van der Waals surface area contributed by atoms with Gasteiger partial charge < -0.3 is 0 Å². The Bertz CT molecular complexity index is 1080. The molecule has 0 bridgehead atoms. The van der Waals surface area contributed by atoms with Crippen molar-refractivity contribution in [1.82, 2.24) is 4.31 Å². The third-order valence-corrected chi connectivity index (χ3v) is 8.06. The summed E-state index contributed by atoms with van der Waals surface area (Å²) >= 11 is 6.07. The fourth-order valence-electron chi connectivity index (χ4n) is 2.93. The lowest BCUT2D eigenvalue weighted by molar-refractivity contribution is 0.477. The van der Waals surface area contributed by atoms with E-state index in [1.807, 2.05) is 0 Å². The number of nitrogens with one attached hydrogen (secondary N) is 1. The summed E-state index contributed by atoms with van der Waals surface area (Å²) in [5.41, 5.74) is 0.167. The van der Waals surface area contributed by atoms with Gasteiger partial charge in [-0.25, -0.2) is 21.2 Å². The van der Waals surface area contributed by atoms with Crippen LogP contribution in [0.5, 0.6) is 0 Å². The molecule has 1 N–H and O–H groups in total. The molecular formula is C17H18ClFN2O4S2. The summed E-state index contributed by atoms with van der Waals surface area (Å²) in [5.74, 6) is -0.553. The van der Waals surface area contributed by atoms with Crippen molar-refractivity contribution in [2.45, 2.75) is 29.6 Å².